The summed E-state index contributed by atoms with van der Waals surface area (Å²) in [5.41, 5.74) is 2.31. The lowest BCUT2D eigenvalue weighted by atomic mass is 10.4. The summed E-state index contributed by atoms with van der Waals surface area (Å²) in [5, 5.41) is 13.6. The largest absolute Gasteiger partial charge is 0.364 e. The summed E-state index contributed by atoms with van der Waals surface area (Å²) in [6, 6.07) is 7.12. The van der Waals surface area contributed by atoms with Crippen LogP contribution >= 0.6 is 0 Å². The summed E-state index contributed by atoms with van der Waals surface area (Å²) in [7, 11) is 2.00. The Balaban J connectivity index is 2.02. The van der Waals surface area contributed by atoms with Gasteiger partial charge in [-0.2, -0.15) is 0 Å². The van der Waals surface area contributed by atoms with Gasteiger partial charge in [-0.15, -0.1) is 0 Å². The number of pyridine rings is 1. The van der Waals surface area contributed by atoms with Crippen LogP contribution in [0.15, 0.2) is 30.5 Å². The lowest BCUT2D eigenvalue weighted by molar-refractivity contribution is -0.385. The molecule has 18 heavy (non-hydrogen) atoms. The maximum Gasteiger partial charge on any atom is 0.287 e. The quantitative estimate of drug-likeness (QED) is 0.663. The van der Waals surface area contributed by atoms with E-state index in [2.05, 4.69) is 14.9 Å². The van der Waals surface area contributed by atoms with Crippen molar-refractivity contribution < 1.29 is 4.92 Å². The molecule has 0 saturated carbocycles. The third-order valence-corrected chi connectivity index (χ3v) is 2.89. The number of rotatable bonds is 4. The number of hydrogen-bond donors (Lipinski definition) is 1. The number of nitro groups is 1. The van der Waals surface area contributed by atoms with Crippen LogP contribution in [0.2, 0.25) is 0 Å². The van der Waals surface area contributed by atoms with Crippen LogP contribution in [0.4, 0.5) is 11.5 Å². The van der Waals surface area contributed by atoms with Gasteiger partial charge in [0.2, 0.25) is 0 Å². The maximum absolute atomic E-state index is 10.5. The number of anilines is 1. The van der Waals surface area contributed by atoms with Gasteiger partial charge in [0.05, 0.1) is 11.5 Å². The zero-order valence-corrected chi connectivity index (χ0v) is 10.3. The predicted octanol–water partition coefficient (Wildman–Crippen LogP) is 2.25. The molecule has 1 N–H and O–H groups in total. The van der Waals surface area contributed by atoms with Crippen molar-refractivity contribution in [3.05, 3.63) is 52.0 Å². The summed E-state index contributed by atoms with van der Waals surface area (Å²) in [4.78, 5) is 14.0. The van der Waals surface area contributed by atoms with Crippen LogP contribution in [-0.2, 0) is 13.6 Å². The first-order valence-corrected chi connectivity index (χ1v) is 5.53. The Hall–Kier alpha value is -2.37. The number of hydrogen-bond acceptors (Lipinski definition) is 4. The molecule has 0 fully saturated rings. The normalized spacial score (nSPS) is 10.3. The molecule has 2 rings (SSSR count). The highest BCUT2D eigenvalue weighted by molar-refractivity contribution is 5.40. The summed E-state index contributed by atoms with van der Waals surface area (Å²) < 4.78 is 2.08. The van der Waals surface area contributed by atoms with Crippen molar-refractivity contribution in [2.45, 2.75) is 13.5 Å². The van der Waals surface area contributed by atoms with Crippen LogP contribution < -0.4 is 5.32 Å². The molecule has 0 atom stereocenters. The number of nitrogens with zero attached hydrogens (tertiary/aromatic N) is 3. The monoisotopic (exact) mass is 246 g/mol. The highest BCUT2D eigenvalue weighted by atomic mass is 16.6. The lowest BCUT2D eigenvalue weighted by Crippen LogP contribution is -2.06. The van der Waals surface area contributed by atoms with Gasteiger partial charge in [-0.05, 0) is 25.1 Å². The summed E-state index contributed by atoms with van der Waals surface area (Å²) in [6.07, 6.45) is 1.25. The minimum absolute atomic E-state index is 0.00439. The molecule has 0 aliphatic rings. The third-order valence-electron chi connectivity index (χ3n) is 2.89. The number of nitrogens with one attached hydrogen (secondary N) is 1. The third kappa shape index (κ3) is 2.48. The zero-order valence-electron chi connectivity index (χ0n) is 10.3. The van der Waals surface area contributed by atoms with Crippen molar-refractivity contribution in [3.63, 3.8) is 0 Å². The Kier molecular flexibility index (Phi) is 3.27. The van der Waals surface area contributed by atoms with Crippen LogP contribution in [0.5, 0.6) is 0 Å². The van der Waals surface area contributed by atoms with E-state index in [4.69, 9.17) is 0 Å². The molecule has 0 bridgehead atoms. The van der Waals surface area contributed by atoms with Gasteiger partial charge in [0, 0.05) is 24.5 Å². The Labute approximate surface area is 104 Å². The van der Waals surface area contributed by atoms with Crippen LogP contribution in [0.3, 0.4) is 0 Å². The van der Waals surface area contributed by atoms with Gasteiger partial charge in [0.1, 0.15) is 12.0 Å². The summed E-state index contributed by atoms with van der Waals surface area (Å²) in [6.45, 7) is 2.67. The fraction of sp³-hybridized carbons (Fsp3) is 0.250. The second-order valence-corrected chi connectivity index (χ2v) is 4.04. The van der Waals surface area contributed by atoms with E-state index in [1.165, 1.54) is 18.0 Å². The van der Waals surface area contributed by atoms with Crippen LogP contribution in [0, 0.1) is 17.0 Å². The van der Waals surface area contributed by atoms with Gasteiger partial charge in [0.25, 0.3) is 5.69 Å². The van der Waals surface area contributed by atoms with Crippen LogP contribution in [-0.4, -0.2) is 14.5 Å². The maximum atomic E-state index is 10.5. The first kappa shape index (κ1) is 12.1. The smallest absolute Gasteiger partial charge is 0.287 e. The Bertz CT molecular complexity index is 560. The van der Waals surface area contributed by atoms with Gasteiger partial charge in [0.15, 0.2) is 0 Å². The van der Waals surface area contributed by atoms with E-state index in [9.17, 15) is 10.1 Å². The molecule has 0 aliphatic carbocycles. The van der Waals surface area contributed by atoms with Crippen molar-refractivity contribution in [3.8, 4) is 0 Å². The second-order valence-electron chi connectivity index (χ2n) is 4.04. The molecule has 0 radical (unpaired) electrons. The average molecular weight is 246 g/mol. The molecule has 6 heteroatoms. The number of aromatic nitrogens is 2. The molecule has 94 valence electrons. The zero-order chi connectivity index (χ0) is 13.1. The number of aryl methyl sites for hydroxylation is 1. The molecule has 0 amide bonds. The summed E-state index contributed by atoms with van der Waals surface area (Å²) in [5.74, 6) is 0.624. The summed E-state index contributed by atoms with van der Waals surface area (Å²) >= 11 is 0. The van der Waals surface area contributed by atoms with Gasteiger partial charge in [-0.1, -0.05) is 0 Å². The SMILES string of the molecule is Cc1ccc(CNc2ccc([N+](=O)[O-])cn2)n1C. The Morgan fingerprint density at radius 3 is 2.67 bits per heavy atom. The van der Waals surface area contributed by atoms with Crippen molar-refractivity contribution in [2.24, 2.45) is 7.05 Å². The van der Waals surface area contributed by atoms with E-state index >= 15 is 0 Å². The van der Waals surface area contributed by atoms with Crippen LogP contribution in [0.25, 0.3) is 0 Å². The Morgan fingerprint density at radius 2 is 2.17 bits per heavy atom. The standard InChI is InChI=1S/C12H14N4O2/c1-9-3-4-10(15(9)2)7-13-12-6-5-11(8-14-12)16(17)18/h3-6,8H,7H2,1-2H3,(H,13,14). The molecule has 6 nitrogen and oxygen atoms in total. The molecule has 0 saturated heterocycles. The minimum Gasteiger partial charge on any atom is -0.364 e. The molecule has 0 aromatic carbocycles. The molecule has 0 unspecified atom stereocenters. The van der Waals surface area contributed by atoms with Crippen LogP contribution in [0.1, 0.15) is 11.4 Å². The van der Waals surface area contributed by atoms with Crippen molar-refractivity contribution in [2.75, 3.05) is 5.32 Å². The highest BCUT2D eigenvalue weighted by Gasteiger charge is 2.05. The van der Waals surface area contributed by atoms with E-state index in [1.807, 2.05) is 26.1 Å². The van der Waals surface area contributed by atoms with Gasteiger partial charge >= 0.3 is 0 Å². The molecule has 0 spiro atoms. The average Bonchev–Trinajstić information content (AvgIpc) is 2.68. The molecular formula is C12H14N4O2. The van der Waals surface area contributed by atoms with Gasteiger partial charge < -0.3 is 9.88 Å². The van der Waals surface area contributed by atoms with E-state index in [0.717, 1.165) is 5.69 Å². The fourth-order valence-electron chi connectivity index (χ4n) is 1.62. The molecule has 2 aromatic heterocycles. The first-order valence-electron chi connectivity index (χ1n) is 5.53. The van der Waals surface area contributed by atoms with E-state index in [-0.39, 0.29) is 5.69 Å². The van der Waals surface area contributed by atoms with E-state index < -0.39 is 4.92 Å². The van der Waals surface area contributed by atoms with Crippen molar-refractivity contribution in [1.29, 1.82) is 0 Å². The highest BCUT2D eigenvalue weighted by Crippen LogP contribution is 2.13. The molecule has 0 aliphatic heterocycles. The van der Waals surface area contributed by atoms with Gasteiger partial charge in [-0.3, -0.25) is 10.1 Å². The second kappa shape index (κ2) is 4.87. The minimum atomic E-state index is -0.461. The van der Waals surface area contributed by atoms with Crippen molar-refractivity contribution >= 4 is 11.5 Å². The van der Waals surface area contributed by atoms with Gasteiger partial charge in [-0.25, -0.2) is 4.98 Å². The van der Waals surface area contributed by atoms with Crippen molar-refractivity contribution in [1.82, 2.24) is 9.55 Å². The first-order chi connectivity index (χ1) is 8.58. The molecule has 2 heterocycles. The van der Waals surface area contributed by atoms with E-state index in [1.54, 1.807) is 6.07 Å². The fourth-order valence-corrected chi connectivity index (χ4v) is 1.62. The molecular weight excluding hydrogens is 232 g/mol. The van der Waals surface area contributed by atoms with E-state index in [0.29, 0.717) is 12.4 Å². The predicted molar refractivity (Wildman–Crippen MR) is 68.4 cm³/mol. The molecule has 2 aromatic rings. The topological polar surface area (TPSA) is 73.0 Å². The lowest BCUT2D eigenvalue weighted by Gasteiger charge is -2.07. The Morgan fingerprint density at radius 1 is 1.39 bits per heavy atom.